The third kappa shape index (κ3) is 3.58. The van der Waals surface area contributed by atoms with Gasteiger partial charge in [-0.15, -0.1) is 0 Å². The van der Waals surface area contributed by atoms with Gasteiger partial charge >= 0.3 is 0 Å². The fourth-order valence-electron chi connectivity index (χ4n) is 5.34. The summed E-state index contributed by atoms with van der Waals surface area (Å²) in [5.74, 6) is 1.08. The van der Waals surface area contributed by atoms with Crippen LogP contribution in [0.3, 0.4) is 0 Å². The van der Waals surface area contributed by atoms with Crippen LogP contribution < -0.4 is 15.6 Å². The Hall–Kier alpha value is -4.32. The number of hydrogen-bond donors (Lipinski definition) is 2. The summed E-state index contributed by atoms with van der Waals surface area (Å²) in [6, 6.07) is 27.3. The zero-order chi connectivity index (χ0) is 23.9. The van der Waals surface area contributed by atoms with E-state index in [0.717, 1.165) is 28.3 Å². The third-order valence-corrected chi connectivity index (χ3v) is 7.02. The van der Waals surface area contributed by atoms with Gasteiger partial charge in [0.05, 0.1) is 18.4 Å². The Morgan fingerprint density at radius 1 is 0.829 bits per heavy atom. The number of H-pyrrole nitrogens is 1. The molecule has 2 N–H and O–H groups in total. The van der Waals surface area contributed by atoms with Crippen molar-refractivity contribution in [2.24, 2.45) is 0 Å². The molecule has 0 amide bonds. The fraction of sp³-hybridized carbons (Fsp3) is 0.172. The zero-order valence-corrected chi connectivity index (χ0v) is 19.3. The van der Waals surface area contributed by atoms with Gasteiger partial charge < -0.3 is 10.1 Å². The summed E-state index contributed by atoms with van der Waals surface area (Å²) in [6.07, 6.45) is 1.12. The number of para-hydroxylation sites is 1. The number of aromatic amines is 1. The molecule has 0 radical (unpaired) electrons. The van der Waals surface area contributed by atoms with Gasteiger partial charge in [-0.1, -0.05) is 60.7 Å². The van der Waals surface area contributed by atoms with Gasteiger partial charge in [-0.05, 0) is 47.7 Å². The smallest absolute Gasteiger partial charge is 0.277 e. The van der Waals surface area contributed by atoms with E-state index in [1.165, 1.54) is 0 Å². The number of nitrogens with zero attached hydrogens (tertiary/aromatic N) is 1. The molecule has 0 fully saturated rings. The average molecular weight is 464 g/mol. The van der Waals surface area contributed by atoms with Gasteiger partial charge in [0, 0.05) is 23.6 Å². The van der Waals surface area contributed by atoms with E-state index in [2.05, 4.69) is 22.5 Å². The summed E-state index contributed by atoms with van der Waals surface area (Å²) in [7, 11) is 1.62. The molecule has 2 heterocycles. The molecular weight excluding hydrogens is 438 g/mol. The highest BCUT2D eigenvalue weighted by molar-refractivity contribution is 6.01. The number of carbonyl (C=O) groups excluding carboxylic acids is 1. The standard InChI is InChI=1S/C29H25N3O3/c1-35-22-14-12-19(13-15-22)25-26-23(16-20(17-24(26)33)18-8-4-2-5-9-18)30-28-27(25)29(34)32(31-28)21-10-6-3-7-11-21/h2-15,20,25,30-31H,16-17H2,1H3/t20-,25-/m1/s1. The first kappa shape index (κ1) is 21.2. The molecule has 3 aromatic carbocycles. The summed E-state index contributed by atoms with van der Waals surface area (Å²) >= 11 is 0. The van der Waals surface area contributed by atoms with Crippen molar-refractivity contribution in [3.8, 4) is 11.4 Å². The number of anilines is 1. The van der Waals surface area contributed by atoms with Crippen molar-refractivity contribution in [2.45, 2.75) is 24.7 Å². The van der Waals surface area contributed by atoms with E-state index in [1.54, 1.807) is 11.8 Å². The number of carbonyl (C=O) groups is 1. The summed E-state index contributed by atoms with van der Waals surface area (Å²) in [4.78, 5) is 27.4. The lowest BCUT2D eigenvalue weighted by atomic mass is 9.73. The van der Waals surface area contributed by atoms with Crippen LogP contribution in [0.4, 0.5) is 5.82 Å². The Balaban J connectivity index is 1.51. The van der Waals surface area contributed by atoms with E-state index in [1.807, 2.05) is 72.8 Å². The van der Waals surface area contributed by atoms with Crippen LogP contribution in [-0.2, 0) is 4.79 Å². The van der Waals surface area contributed by atoms with Gasteiger partial charge in [0.1, 0.15) is 11.6 Å². The molecule has 0 unspecified atom stereocenters. The van der Waals surface area contributed by atoms with Crippen LogP contribution in [0.5, 0.6) is 5.75 Å². The molecule has 1 aliphatic heterocycles. The quantitative estimate of drug-likeness (QED) is 0.440. The van der Waals surface area contributed by atoms with Crippen LogP contribution in [-0.4, -0.2) is 22.7 Å². The van der Waals surface area contributed by atoms with E-state index in [-0.39, 0.29) is 17.3 Å². The summed E-state index contributed by atoms with van der Waals surface area (Å²) in [5, 5.41) is 6.71. The van der Waals surface area contributed by atoms with Gasteiger partial charge in [-0.25, -0.2) is 4.68 Å². The van der Waals surface area contributed by atoms with Crippen LogP contribution >= 0.6 is 0 Å². The lowest BCUT2D eigenvalue weighted by Gasteiger charge is -2.34. The van der Waals surface area contributed by atoms with Crippen LogP contribution in [0, 0.1) is 0 Å². The number of ether oxygens (including phenoxy) is 1. The minimum atomic E-state index is -0.454. The normalized spacial score (nSPS) is 19.1. The molecule has 0 bridgehead atoms. The summed E-state index contributed by atoms with van der Waals surface area (Å²) < 4.78 is 6.89. The first-order valence-corrected chi connectivity index (χ1v) is 11.8. The number of allylic oxidation sites excluding steroid dienone is 2. The highest BCUT2D eigenvalue weighted by atomic mass is 16.5. The molecule has 6 rings (SSSR count). The topological polar surface area (TPSA) is 76.1 Å². The molecule has 2 aliphatic rings. The van der Waals surface area contributed by atoms with Crippen LogP contribution in [0.1, 0.15) is 41.4 Å². The molecule has 6 nitrogen and oxygen atoms in total. The van der Waals surface area contributed by atoms with Crippen LogP contribution in [0.25, 0.3) is 5.69 Å². The van der Waals surface area contributed by atoms with Crippen molar-refractivity contribution in [3.05, 3.63) is 123 Å². The molecule has 4 aromatic rings. The van der Waals surface area contributed by atoms with E-state index in [4.69, 9.17) is 4.74 Å². The molecule has 1 aliphatic carbocycles. The second kappa shape index (κ2) is 8.47. The second-order valence-corrected chi connectivity index (χ2v) is 9.04. The number of fused-ring (bicyclic) bond motifs is 1. The van der Waals surface area contributed by atoms with Crippen molar-refractivity contribution >= 4 is 11.6 Å². The predicted molar refractivity (Wildman–Crippen MR) is 135 cm³/mol. The Bertz CT molecular complexity index is 1480. The largest absolute Gasteiger partial charge is 0.497 e. The molecule has 1 aromatic heterocycles. The van der Waals surface area contributed by atoms with Gasteiger partial charge in [-0.2, -0.15) is 0 Å². The van der Waals surface area contributed by atoms with Gasteiger partial charge in [-0.3, -0.25) is 14.7 Å². The number of benzene rings is 3. The van der Waals surface area contributed by atoms with E-state index in [0.29, 0.717) is 29.8 Å². The SMILES string of the molecule is COc1ccc([C@@H]2C3=C(C[C@@H](c4ccccc4)CC3=O)Nc3[nH]n(-c4ccccc4)c(=O)c32)cc1. The minimum Gasteiger partial charge on any atom is -0.497 e. The molecule has 6 heteroatoms. The maximum Gasteiger partial charge on any atom is 0.277 e. The maximum atomic E-state index is 13.7. The molecule has 174 valence electrons. The van der Waals surface area contributed by atoms with E-state index >= 15 is 0 Å². The second-order valence-electron chi connectivity index (χ2n) is 9.04. The third-order valence-electron chi connectivity index (χ3n) is 7.02. The van der Waals surface area contributed by atoms with Crippen molar-refractivity contribution in [1.29, 1.82) is 0 Å². The Labute approximate surface area is 202 Å². The maximum absolute atomic E-state index is 13.7. The average Bonchev–Trinajstić information content (AvgIpc) is 3.24. The molecule has 0 saturated carbocycles. The van der Waals surface area contributed by atoms with E-state index in [9.17, 15) is 9.59 Å². The number of ketones is 1. The Morgan fingerprint density at radius 2 is 1.51 bits per heavy atom. The highest BCUT2D eigenvalue weighted by Crippen LogP contribution is 2.46. The van der Waals surface area contributed by atoms with Crippen LogP contribution in [0.15, 0.2) is 101 Å². The monoisotopic (exact) mass is 463 g/mol. The molecular formula is C29H25N3O3. The molecule has 2 atom stereocenters. The number of aromatic nitrogens is 2. The number of hydrogen-bond acceptors (Lipinski definition) is 4. The summed E-state index contributed by atoms with van der Waals surface area (Å²) in [5.41, 5.74) is 4.75. The van der Waals surface area contributed by atoms with Crippen molar-refractivity contribution < 1.29 is 9.53 Å². The highest BCUT2D eigenvalue weighted by Gasteiger charge is 2.41. The molecule has 0 saturated heterocycles. The van der Waals surface area contributed by atoms with Crippen LogP contribution in [0.2, 0.25) is 0 Å². The van der Waals surface area contributed by atoms with Gasteiger partial charge in [0.2, 0.25) is 0 Å². The Morgan fingerprint density at radius 3 is 2.20 bits per heavy atom. The summed E-state index contributed by atoms with van der Waals surface area (Å²) in [6.45, 7) is 0. The lowest BCUT2D eigenvalue weighted by Crippen LogP contribution is -2.32. The van der Waals surface area contributed by atoms with Crippen molar-refractivity contribution in [1.82, 2.24) is 9.78 Å². The first-order valence-electron chi connectivity index (χ1n) is 11.8. The van der Waals surface area contributed by atoms with Crippen molar-refractivity contribution in [2.75, 3.05) is 12.4 Å². The lowest BCUT2D eigenvalue weighted by molar-refractivity contribution is -0.116. The van der Waals surface area contributed by atoms with E-state index < -0.39 is 5.92 Å². The molecule has 0 spiro atoms. The fourth-order valence-corrected chi connectivity index (χ4v) is 5.34. The number of Topliss-reactive ketones (excluding diaryl/α,β-unsaturated/α-hetero) is 1. The number of nitrogens with one attached hydrogen (secondary N) is 2. The molecule has 35 heavy (non-hydrogen) atoms. The minimum absolute atomic E-state index is 0.0749. The van der Waals surface area contributed by atoms with Gasteiger partial charge in [0.15, 0.2) is 5.78 Å². The number of rotatable bonds is 4. The van der Waals surface area contributed by atoms with Gasteiger partial charge in [0.25, 0.3) is 5.56 Å². The number of methoxy groups -OCH3 is 1. The van der Waals surface area contributed by atoms with Crippen molar-refractivity contribution in [3.63, 3.8) is 0 Å². The zero-order valence-electron chi connectivity index (χ0n) is 19.3. The predicted octanol–water partition coefficient (Wildman–Crippen LogP) is 5.13. The Kier molecular flexibility index (Phi) is 5.14. The first-order chi connectivity index (χ1) is 17.1.